The minimum absolute atomic E-state index is 0.0247. The van der Waals surface area contributed by atoms with E-state index in [1.165, 1.54) is 15.7 Å². The molecule has 2 aromatic heterocycles. The van der Waals surface area contributed by atoms with E-state index in [1.807, 2.05) is 19.1 Å². The summed E-state index contributed by atoms with van der Waals surface area (Å²) < 4.78 is 29.3. The molecule has 0 radical (unpaired) electrons. The Kier molecular flexibility index (Phi) is 3.64. The molecule has 0 fully saturated rings. The van der Waals surface area contributed by atoms with Crippen molar-refractivity contribution in [2.45, 2.75) is 18.4 Å². The fourth-order valence-electron chi connectivity index (χ4n) is 2.10. The smallest absolute Gasteiger partial charge is 0.278 e. The van der Waals surface area contributed by atoms with Crippen LogP contribution in [0.15, 0.2) is 40.9 Å². The highest BCUT2D eigenvalue weighted by atomic mass is 35.5. The molecule has 0 spiro atoms. The molecular weight excluding hydrogens is 330 g/mol. The quantitative estimate of drug-likeness (QED) is 0.791. The topological polar surface area (TPSA) is 63.5 Å². The summed E-state index contributed by atoms with van der Waals surface area (Å²) in [5, 5.41) is 1.70. The second kappa shape index (κ2) is 5.32. The van der Waals surface area contributed by atoms with E-state index < -0.39 is 10.0 Å². The van der Waals surface area contributed by atoms with Gasteiger partial charge in [-0.25, -0.2) is 4.98 Å². The van der Waals surface area contributed by atoms with Crippen molar-refractivity contribution in [2.75, 3.05) is 4.72 Å². The van der Waals surface area contributed by atoms with E-state index in [1.54, 1.807) is 23.7 Å². The minimum atomic E-state index is -3.80. The van der Waals surface area contributed by atoms with E-state index in [9.17, 15) is 8.42 Å². The number of aryl methyl sites for hydroxylation is 1. The van der Waals surface area contributed by atoms with Gasteiger partial charge in [-0.2, -0.15) is 8.42 Å². The van der Waals surface area contributed by atoms with Crippen LogP contribution in [0.25, 0.3) is 4.96 Å². The molecule has 0 amide bonds. The van der Waals surface area contributed by atoms with Gasteiger partial charge in [-0.15, -0.1) is 11.3 Å². The van der Waals surface area contributed by atoms with Gasteiger partial charge in [-0.05, 0) is 18.1 Å². The molecule has 1 N–H and O–H groups in total. The Labute approximate surface area is 131 Å². The Morgan fingerprint density at radius 3 is 2.90 bits per heavy atom. The number of anilines is 1. The van der Waals surface area contributed by atoms with E-state index in [0.717, 1.165) is 12.0 Å². The van der Waals surface area contributed by atoms with Crippen molar-refractivity contribution in [3.05, 3.63) is 46.6 Å². The van der Waals surface area contributed by atoms with Crippen LogP contribution in [-0.4, -0.2) is 17.8 Å². The number of fused-ring (bicyclic) bond motifs is 1. The van der Waals surface area contributed by atoms with Crippen molar-refractivity contribution in [1.29, 1.82) is 0 Å². The van der Waals surface area contributed by atoms with E-state index in [0.29, 0.717) is 10.6 Å². The first-order valence-electron chi connectivity index (χ1n) is 6.24. The standard InChI is InChI=1S/C13H12ClN3O2S2/c1-2-9-5-3-4-6-10(9)16-21(18,19)12-11(14)15-13-17(12)7-8-20-13/h3-8,16H,2H2,1H3. The van der Waals surface area contributed by atoms with Crippen LogP contribution in [-0.2, 0) is 16.4 Å². The first kappa shape index (κ1) is 14.4. The SMILES string of the molecule is CCc1ccccc1NS(=O)(=O)c1c(Cl)nc2sccn12. The number of thiazole rings is 1. The van der Waals surface area contributed by atoms with Crippen LogP contribution in [0.4, 0.5) is 5.69 Å². The maximum absolute atomic E-state index is 12.6. The third-order valence-electron chi connectivity index (χ3n) is 3.08. The number of sulfonamides is 1. The molecule has 110 valence electrons. The first-order valence-corrected chi connectivity index (χ1v) is 8.99. The molecule has 3 aromatic rings. The maximum Gasteiger partial charge on any atom is 0.281 e. The van der Waals surface area contributed by atoms with Gasteiger partial charge < -0.3 is 0 Å². The van der Waals surface area contributed by atoms with E-state index in [-0.39, 0.29) is 10.2 Å². The van der Waals surface area contributed by atoms with Crippen LogP contribution in [0.1, 0.15) is 12.5 Å². The molecule has 3 rings (SSSR count). The monoisotopic (exact) mass is 341 g/mol. The van der Waals surface area contributed by atoms with Gasteiger partial charge in [0.05, 0.1) is 5.69 Å². The lowest BCUT2D eigenvalue weighted by Gasteiger charge is -2.11. The average molecular weight is 342 g/mol. The molecule has 0 bridgehead atoms. The van der Waals surface area contributed by atoms with E-state index >= 15 is 0 Å². The van der Waals surface area contributed by atoms with Crippen molar-refractivity contribution >= 4 is 43.6 Å². The average Bonchev–Trinajstić information content (AvgIpc) is 2.98. The molecule has 0 aliphatic heterocycles. The molecule has 0 saturated carbocycles. The van der Waals surface area contributed by atoms with Crippen molar-refractivity contribution in [2.24, 2.45) is 0 Å². The summed E-state index contributed by atoms with van der Waals surface area (Å²) in [6.07, 6.45) is 2.37. The zero-order valence-electron chi connectivity index (χ0n) is 11.1. The summed E-state index contributed by atoms with van der Waals surface area (Å²) in [4.78, 5) is 4.60. The normalized spacial score (nSPS) is 11.9. The summed E-state index contributed by atoms with van der Waals surface area (Å²) in [7, 11) is -3.80. The van der Waals surface area contributed by atoms with Crippen molar-refractivity contribution in [3.8, 4) is 0 Å². The minimum Gasteiger partial charge on any atom is -0.278 e. The highest BCUT2D eigenvalue weighted by Crippen LogP contribution is 2.28. The number of imidazole rings is 1. The maximum atomic E-state index is 12.6. The van der Waals surface area contributed by atoms with Crippen molar-refractivity contribution < 1.29 is 8.42 Å². The van der Waals surface area contributed by atoms with Gasteiger partial charge in [0.2, 0.25) is 0 Å². The number of hydrogen-bond acceptors (Lipinski definition) is 4. The fraction of sp³-hybridized carbons (Fsp3) is 0.154. The molecule has 21 heavy (non-hydrogen) atoms. The first-order chi connectivity index (χ1) is 10.0. The van der Waals surface area contributed by atoms with Crippen LogP contribution < -0.4 is 4.72 Å². The van der Waals surface area contributed by atoms with Gasteiger partial charge in [0.25, 0.3) is 10.0 Å². The zero-order valence-corrected chi connectivity index (χ0v) is 13.5. The summed E-state index contributed by atoms with van der Waals surface area (Å²) in [5.74, 6) is 0. The van der Waals surface area contributed by atoms with Gasteiger partial charge in [-0.1, -0.05) is 36.7 Å². The molecule has 8 heteroatoms. The predicted octanol–water partition coefficient (Wildman–Crippen LogP) is 3.41. The lowest BCUT2D eigenvalue weighted by molar-refractivity contribution is 0.596. The molecule has 1 aromatic carbocycles. The Hall–Kier alpha value is -1.57. The lowest BCUT2D eigenvalue weighted by atomic mass is 10.1. The highest BCUT2D eigenvalue weighted by molar-refractivity contribution is 7.92. The van der Waals surface area contributed by atoms with Gasteiger partial charge in [0.1, 0.15) is 0 Å². The van der Waals surface area contributed by atoms with Crippen LogP contribution >= 0.6 is 22.9 Å². The Morgan fingerprint density at radius 2 is 2.14 bits per heavy atom. The highest BCUT2D eigenvalue weighted by Gasteiger charge is 2.25. The number of para-hydroxylation sites is 1. The predicted molar refractivity (Wildman–Crippen MR) is 84.7 cm³/mol. The molecule has 2 heterocycles. The Morgan fingerprint density at radius 1 is 1.38 bits per heavy atom. The zero-order chi connectivity index (χ0) is 15.0. The number of halogens is 1. The summed E-state index contributed by atoms with van der Waals surface area (Å²) >= 11 is 7.32. The molecule has 0 saturated heterocycles. The molecule has 0 aliphatic rings. The number of nitrogens with zero attached hydrogens (tertiary/aromatic N) is 2. The third kappa shape index (κ3) is 2.52. The third-order valence-corrected chi connectivity index (χ3v) is 5.60. The van der Waals surface area contributed by atoms with Gasteiger partial charge >= 0.3 is 0 Å². The molecule has 0 atom stereocenters. The summed E-state index contributed by atoms with van der Waals surface area (Å²) in [6.45, 7) is 1.97. The molecule has 0 unspecified atom stereocenters. The summed E-state index contributed by atoms with van der Waals surface area (Å²) in [5.41, 5.74) is 1.48. The fourth-order valence-corrected chi connectivity index (χ4v) is 4.66. The van der Waals surface area contributed by atoms with Crippen LogP contribution in [0, 0.1) is 0 Å². The number of nitrogens with one attached hydrogen (secondary N) is 1. The van der Waals surface area contributed by atoms with Crippen LogP contribution in [0.5, 0.6) is 0 Å². The second-order valence-corrected chi connectivity index (χ2v) is 7.21. The van der Waals surface area contributed by atoms with Gasteiger partial charge in [0.15, 0.2) is 15.1 Å². The summed E-state index contributed by atoms with van der Waals surface area (Å²) in [6, 6.07) is 7.28. The largest absolute Gasteiger partial charge is 0.281 e. The number of benzene rings is 1. The van der Waals surface area contributed by atoms with Gasteiger partial charge in [0, 0.05) is 11.6 Å². The molecule has 0 aliphatic carbocycles. The van der Waals surface area contributed by atoms with Crippen molar-refractivity contribution in [1.82, 2.24) is 9.38 Å². The lowest BCUT2D eigenvalue weighted by Crippen LogP contribution is -2.16. The second-order valence-electron chi connectivity index (χ2n) is 4.38. The number of rotatable bonds is 4. The van der Waals surface area contributed by atoms with Crippen molar-refractivity contribution in [3.63, 3.8) is 0 Å². The number of aromatic nitrogens is 2. The van der Waals surface area contributed by atoms with E-state index in [4.69, 9.17) is 11.6 Å². The Bertz CT molecular complexity index is 899. The van der Waals surface area contributed by atoms with Gasteiger partial charge in [-0.3, -0.25) is 9.12 Å². The number of hydrogen-bond donors (Lipinski definition) is 1. The molecular formula is C13H12ClN3O2S2. The Balaban J connectivity index is 2.09. The molecule has 5 nitrogen and oxygen atoms in total. The van der Waals surface area contributed by atoms with Crippen LogP contribution in [0.2, 0.25) is 5.15 Å². The van der Waals surface area contributed by atoms with Crippen LogP contribution in [0.3, 0.4) is 0 Å². The van der Waals surface area contributed by atoms with E-state index in [2.05, 4.69) is 9.71 Å².